The third-order valence-corrected chi connectivity index (χ3v) is 7.75. The van der Waals surface area contributed by atoms with Crippen molar-refractivity contribution in [3.05, 3.63) is 0 Å². The third kappa shape index (κ3) is 2.65. The molecule has 0 amide bonds. The number of halogens is 1. The van der Waals surface area contributed by atoms with E-state index in [2.05, 4.69) is 0 Å². The predicted molar refractivity (Wildman–Crippen MR) is 72.1 cm³/mol. The molecule has 2 fully saturated rings. The average molecular weight is 279 g/mol. The molecule has 2 aliphatic carbocycles. The molecule has 2 nitrogen and oxygen atoms in total. The zero-order valence-electron chi connectivity index (χ0n) is 11.0. The summed E-state index contributed by atoms with van der Waals surface area (Å²) in [6.07, 6.45) is 4.41. The molecule has 17 heavy (non-hydrogen) atoms. The molecule has 100 valence electrons. The van der Waals surface area contributed by atoms with E-state index in [1.54, 1.807) is 20.8 Å². The number of hydrogen-bond acceptors (Lipinski definition) is 2. The lowest BCUT2D eigenvalue weighted by atomic mass is 9.82. The van der Waals surface area contributed by atoms with E-state index < -0.39 is 14.6 Å². The number of alkyl halides is 1. The highest BCUT2D eigenvalue weighted by Gasteiger charge is 2.53. The second-order valence-electron chi connectivity index (χ2n) is 6.98. The number of hydrogen-bond donors (Lipinski definition) is 0. The molecule has 0 aromatic rings. The molecular formula is C13H23ClO2S. The Morgan fingerprint density at radius 2 is 1.76 bits per heavy atom. The quantitative estimate of drug-likeness (QED) is 0.740. The van der Waals surface area contributed by atoms with Crippen LogP contribution >= 0.6 is 11.6 Å². The smallest absolute Gasteiger partial charge is 0.155 e. The summed E-state index contributed by atoms with van der Waals surface area (Å²) in [5.41, 5.74) is 0.119. The van der Waals surface area contributed by atoms with Crippen molar-refractivity contribution in [3.8, 4) is 0 Å². The van der Waals surface area contributed by atoms with Crippen LogP contribution in [0.15, 0.2) is 0 Å². The van der Waals surface area contributed by atoms with Crippen molar-refractivity contribution in [1.29, 1.82) is 0 Å². The Morgan fingerprint density at radius 1 is 1.24 bits per heavy atom. The van der Waals surface area contributed by atoms with Gasteiger partial charge < -0.3 is 0 Å². The molecule has 2 rings (SSSR count). The summed E-state index contributed by atoms with van der Waals surface area (Å²) >= 11 is 6.10. The third-order valence-electron chi connectivity index (χ3n) is 4.58. The molecular weight excluding hydrogens is 256 g/mol. The molecule has 0 heterocycles. The summed E-state index contributed by atoms with van der Waals surface area (Å²) in [5.74, 6) is 2.62. The van der Waals surface area contributed by atoms with Gasteiger partial charge in [-0.05, 0) is 63.7 Å². The van der Waals surface area contributed by atoms with Crippen LogP contribution in [0.2, 0.25) is 0 Å². The monoisotopic (exact) mass is 278 g/mol. The number of sulfone groups is 1. The van der Waals surface area contributed by atoms with Gasteiger partial charge in [0.2, 0.25) is 0 Å². The molecule has 2 atom stereocenters. The van der Waals surface area contributed by atoms with Crippen LogP contribution in [-0.4, -0.2) is 24.8 Å². The van der Waals surface area contributed by atoms with Crippen LogP contribution in [0.5, 0.6) is 0 Å². The second-order valence-corrected chi connectivity index (χ2v) is 10.1. The normalized spacial score (nSPS) is 36.9. The van der Waals surface area contributed by atoms with Gasteiger partial charge in [-0.2, -0.15) is 0 Å². The van der Waals surface area contributed by atoms with Crippen LogP contribution in [0.25, 0.3) is 0 Å². The standard InChI is InChI=1S/C13H23ClO2S/c1-12(2,3)17(15,16)5-4-13(9-14)7-10-6-11(10)8-13/h10-11H,4-9H2,1-3H3. The zero-order chi connectivity index (χ0) is 12.9. The molecule has 0 spiro atoms. The fourth-order valence-corrected chi connectivity index (χ4v) is 4.71. The lowest BCUT2D eigenvalue weighted by Crippen LogP contribution is -2.33. The van der Waals surface area contributed by atoms with Crippen LogP contribution in [0.4, 0.5) is 0 Å². The lowest BCUT2D eigenvalue weighted by Gasteiger charge is -2.30. The van der Waals surface area contributed by atoms with Crippen molar-refractivity contribution in [2.75, 3.05) is 11.6 Å². The van der Waals surface area contributed by atoms with Crippen molar-refractivity contribution in [1.82, 2.24) is 0 Å². The van der Waals surface area contributed by atoms with Crippen molar-refractivity contribution in [2.24, 2.45) is 17.3 Å². The van der Waals surface area contributed by atoms with Gasteiger partial charge in [-0.25, -0.2) is 8.42 Å². The van der Waals surface area contributed by atoms with Crippen molar-refractivity contribution >= 4 is 21.4 Å². The Labute approximate surface area is 110 Å². The van der Waals surface area contributed by atoms with Crippen LogP contribution < -0.4 is 0 Å². The summed E-state index contributed by atoms with van der Waals surface area (Å²) in [4.78, 5) is 0. The minimum Gasteiger partial charge on any atom is -0.228 e. The molecule has 0 bridgehead atoms. The van der Waals surface area contributed by atoms with Crippen LogP contribution in [0, 0.1) is 17.3 Å². The summed E-state index contributed by atoms with van der Waals surface area (Å²) in [6, 6.07) is 0. The Kier molecular flexibility index (Phi) is 3.32. The highest BCUT2D eigenvalue weighted by Crippen LogP contribution is 2.61. The maximum Gasteiger partial charge on any atom is 0.155 e. The van der Waals surface area contributed by atoms with Crippen LogP contribution in [-0.2, 0) is 9.84 Å². The van der Waals surface area contributed by atoms with E-state index in [0.29, 0.717) is 11.6 Å². The fraction of sp³-hybridized carbons (Fsp3) is 1.00. The summed E-state index contributed by atoms with van der Waals surface area (Å²) in [7, 11) is -2.99. The topological polar surface area (TPSA) is 34.1 Å². The first-order valence-corrected chi connectivity index (χ1v) is 8.66. The van der Waals surface area contributed by atoms with Gasteiger partial charge in [0.15, 0.2) is 9.84 Å². The molecule has 2 aliphatic rings. The van der Waals surface area contributed by atoms with Gasteiger partial charge in [0, 0.05) is 5.88 Å². The van der Waals surface area contributed by atoms with Gasteiger partial charge in [0.05, 0.1) is 10.5 Å². The van der Waals surface area contributed by atoms with E-state index >= 15 is 0 Å². The first kappa shape index (κ1) is 13.7. The molecule has 2 saturated carbocycles. The zero-order valence-corrected chi connectivity index (χ0v) is 12.6. The Balaban J connectivity index is 1.98. The van der Waals surface area contributed by atoms with Crippen LogP contribution in [0.1, 0.15) is 46.5 Å². The van der Waals surface area contributed by atoms with Crippen LogP contribution in [0.3, 0.4) is 0 Å². The predicted octanol–water partition coefficient (Wildman–Crippen LogP) is 3.24. The lowest BCUT2D eigenvalue weighted by molar-refractivity contribution is 0.293. The van der Waals surface area contributed by atoms with E-state index in [0.717, 1.165) is 31.1 Å². The molecule has 0 radical (unpaired) electrons. The van der Waals surface area contributed by atoms with E-state index in [4.69, 9.17) is 11.6 Å². The minimum absolute atomic E-state index is 0.119. The largest absolute Gasteiger partial charge is 0.228 e. The van der Waals surface area contributed by atoms with E-state index in [-0.39, 0.29) is 5.41 Å². The molecule has 0 N–H and O–H groups in total. The van der Waals surface area contributed by atoms with Gasteiger partial charge >= 0.3 is 0 Å². The Hall–Kier alpha value is 0.240. The highest BCUT2D eigenvalue weighted by atomic mass is 35.5. The second kappa shape index (κ2) is 4.12. The Bertz CT molecular complexity index is 384. The summed E-state index contributed by atoms with van der Waals surface area (Å²) < 4.78 is 23.6. The maximum atomic E-state index is 12.1. The van der Waals surface area contributed by atoms with E-state index in [9.17, 15) is 8.42 Å². The Morgan fingerprint density at radius 3 is 2.18 bits per heavy atom. The van der Waals surface area contributed by atoms with Crippen molar-refractivity contribution < 1.29 is 8.42 Å². The van der Waals surface area contributed by atoms with Gasteiger partial charge in [0.25, 0.3) is 0 Å². The summed E-state index contributed by atoms with van der Waals surface area (Å²) in [6.45, 7) is 5.34. The van der Waals surface area contributed by atoms with E-state index in [1.807, 2.05) is 0 Å². The highest BCUT2D eigenvalue weighted by molar-refractivity contribution is 7.92. The minimum atomic E-state index is -2.99. The van der Waals surface area contributed by atoms with E-state index in [1.165, 1.54) is 6.42 Å². The maximum absolute atomic E-state index is 12.1. The molecule has 4 heteroatoms. The first-order valence-electron chi connectivity index (χ1n) is 6.47. The van der Waals surface area contributed by atoms with Gasteiger partial charge in [-0.15, -0.1) is 11.6 Å². The average Bonchev–Trinajstić information content (AvgIpc) is 2.83. The fourth-order valence-electron chi connectivity index (χ4n) is 3.04. The SMILES string of the molecule is CC(C)(C)S(=O)(=O)CCC1(CCl)CC2CC2C1. The molecule has 0 saturated heterocycles. The molecule has 0 aromatic heterocycles. The molecule has 0 aromatic carbocycles. The van der Waals surface area contributed by atoms with Crippen molar-refractivity contribution in [3.63, 3.8) is 0 Å². The summed E-state index contributed by atoms with van der Waals surface area (Å²) in [5, 5.41) is 0. The van der Waals surface area contributed by atoms with Gasteiger partial charge in [-0.1, -0.05) is 0 Å². The number of fused-ring (bicyclic) bond motifs is 1. The van der Waals surface area contributed by atoms with Crippen molar-refractivity contribution in [2.45, 2.75) is 51.2 Å². The van der Waals surface area contributed by atoms with Gasteiger partial charge in [-0.3, -0.25) is 0 Å². The van der Waals surface area contributed by atoms with Gasteiger partial charge in [0.1, 0.15) is 0 Å². The first-order chi connectivity index (χ1) is 7.69. The molecule has 0 aliphatic heterocycles. The molecule has 2 unspecified atom stereocenters. The number of rotatable bonds is 4.